The Morgan fingerprint density at radius 2 is 1.88 bits per heavy atom. The van der Waals surface area contributed by atoms with E-state index in [1.807, 2.05) is 13.8 Å². The molecule has 0 aromatic heterocycles. The van der Waals surface area contributed by atoms with Gasteiger partial charge >= 0.3 is 11.9 Å². The first-order valence-corrected chi connectivity index (χ1v) is 5.85. The summed E-state index contributed by atoms with van der Waals surface area (Å²) in [5.74, 6) is -0.687. The van der Waals surface area contributed by atoms with Gasteiger partial charge in [0.25, 0.3) is 0 Å². The van der Waals surface area contributed by atoms with Crippen LogP contribution >= 0.6 is 0 Å². The molecule has 0 aromatic carbocycles. The van der Waals surface area contributed by atoms with Crippen LogP contribution in [0.3, 0.4) is 0 Å². The first-order valence-electron chi connectivity index (χ1n) is 5.85. The molecule has 4 heteroatoms. The van der Waals surface area contributed by atoms with Crippen LogP contribution in [0.2, 0.25) is 0 Å². The van der Waals surface area contributed by atoms with Gasteiger partial charge in [0.2, 0.25) is 0 Å². The van der Waals surface area contributed by atoms with Gasteiger partial charge in [-0.15, -0.1) is 0 Å². The number of ether oxygens (including phenoxy) is 2. The molecule has 0 bridgehead atoms. The highest BCUT2D eigenvalue weighted by atomic mass is 16.5. The first-order chi connectivity index (χ1) is 7.51. The summed E-state index contributed by atoms with van der Waals surface area (Å²) in [6.45, 7) is 7.50. The number of rotatable bonds is 7. The molecule has 0 heterocycles. The largest absolute Gasteiger partial charge is 0.465 e. The quantitative estimate of drug-likeness (QED) is 0.630. The molecule has 0 aliphatic heterocycles. The van der Waals surface area contributed by atoms with Gasteiger partial charge in [0.1, 0.15) is 0 Å². The molecular formula is C12H22O4. The lowest BCUT2D eigenvalue weighted by molar-refractivity contribution is -0.154. The SMILES string of the molecule is CCCOC(=O)C(CC)CC(C)OC(C)=O. The Labute approximate surface area is 97.3 Å². The van der Waals surface area contributed by atoms with Crippen molar-refractivity contribution in [3.8, 4) is 0 Å². The first kappa shape index (κ1) is 14.9. The maximum Gasteiger partial charge on any atom is 0.309 e. The van der Waals surface area contributed by atoms with Crippen LogP contribution in [-0.2, 0) is 19.1 Å². The smallest absolute Gasteiger partial charge is 0.309 e. The molecule has 0 saturated heterocycles. The minimum absolute atomic E-state index is 0.180. The van der Waals surface area contributed by atoms with Crippen LogP contribution in [0, 0.1) is 5.92 Å². The van der Waals surface area contributed by atoms with E-state index in [0.29, 0.717) is 19.4 Å². The maximum atomic E-state index is 11.6. The minimum Gasteiger partial charge on any atom is -0.465 e. The fraction of sp³-hybridized carbons (Fsp3) is 0.833. The Balaban J connectivity index is 4.07. The molecule has 16 heavy (non-hydrogen) atoms. The average molecular weight is 230 g/mol. The van der Waals surface area contributed by atoms with Gasteiger partial charge in [0.05, 0.1) is 18.6 Å². The number of hydrogen-bond acceptors (Lipinski definition) is 4. The van der Waals surface area contributed by atoms with E-state index in [4.69, 9.17) is 9.47 Å². The third kappa shape index (κ3) is 6.43. The van der Waals surface area contributed by atoms with Crippen LogP contribution in [0.15, 0.2) is 0 Å². The molecule has 0 saturated carbocycles. The Hall–Kier alpha value is -1.06. The monoisotopic (exact) mass is 230 g/mol. The maximum absolute atomic E-state index is 11.6. The number of hydrogen-bond donors (Lipinski definition) is 0. The predicted octanol–water partition coefficient (Wildman–Crippen LogP) is 2.31. The molecule has 0 radical (unpaired) electrons. The van der Waals surface area contributed by atoms with E-state index in [0.717, 1.165) is 6.42 Å². The molecule has 0 aliphatic carbocycles. The van der Waals surface area contributed by atoms with E-state index in [-0.39, 0.29) is 24.0 Å². The summed E-state index contributed by atoms with van der Waals surface area (Å²) in [6.07, 6.45) is 1.81. The summed E-state index contributed by atoms with van der Waals surface area (Å²) in [5.41, 5.74) is 0. The Morgan fingerprint density at radius 3 is 2.31 bits per heavy atom. The number of carbonyl (C=O) groups is 2. The lowest BCUT2D eigenvalue weighted by Gasteiger charge is -2.18. The summed E-state index contributed by atoms with van der Waals surface area (Å²) in [5, 5.41) is 0. The molecule has 0 N–H and O–H groups in total. The molecule has 2 unspecified atom stereocenters. The van der Waals surface area contributed by atoms with Crippen molar-refractivity contribution in [2.45, 2.75) is 53.1 Å². The van der Waals surface area contributed by atoms with Gasteiger partial charge < -0.3 is 9.47 Å². The zero-order valence-electron chi connectivity index (χ0n) is 10.6. The van der Waals surface area contributed by atoms with Gasteiger partial charge in [-0.2, -0.15) is 0 Å². The molecular weight excluding hydrogens is 208 g/mol. The zero-order chi connectivity index (χ0) is 12.6. The summed E-state index contributed by atoms with van der Waals surface area (Å²) >= 11 is 0. The van der Waals surface area contributed by atoms with E-state index in [1.165, 1.54) is 6.92 Å². The second kappa shape index (κ2) is 8.13. The Kier molecular flexibility index (Phi) is 7.60. The molecule has 0 fully saturated rings. The van der Waals surface area contributed by atoms with E-state index in [2.05, 4.69) is 0 Å². The predicted molar refractivity (Wildman–Crippen MR) is 60.9 cm³/mol. The summed E-state index contributed by atoms with van der Waals surface area (Å²) in [6, 6.07) is 0. The van der Waals surface area contributed by atoms with Gasteiger partial charge in [0.15, 0.2) is 0 Å². The fourth-order valence-corrected chi connectivity index (χ4v) is 1.48. The van der Waals surface area contributed by atoms with Crippen LogP contribution in [0.25, 0.3) is 0 Å². The summed E-state index contributed by atoms with van der Waals surface area (Å²) in [7, 11) is 0. The standard InChI is InChI=1S/C12H22O4/c1-5-7-15-12(14)11(6-2)8-9(3)16-10(4)13/h9,11H,5-8H2,1-4H3. The van der Waals surface area contributed by atoms with E-state index >= 15 is 0 Å². The van der Waals surface area contributed by atoms with Crippen LogP contribution in [0.1, 0.15) is 47.0 Å². The molecule has 0 amide bonds. The van der Waals surface area contributed by atoms with Gasteiger partial charge in [-0.05, 0) is 26.2 Å². The highest BCUT2D eigenvalue weighted by Gasteiger charge is 2.21. The van der Waals surface area contributed by atoms with Crippen molar-refractivity contribution in [1.82, 2.24) is 0 Å². The third-order valence-electron chi connectivity index (χ3n) is 2.26. The summed E-state index contributed by atoms with van der Waals surface area (Å²) in [4.78, 5) is 22.3. The number of esters is 2. The van der Waals surface area contributed by atoms with Crippen molar-refractivity contribution >= 4 is 11.9 Å². The van der Waals surface area contributed by atoms with Gasteiger partial charge in [-0.3, -0.25) is 9.59 Å². The van der Waals surface area contributed by atoms with Crippen LogP contribution < -0.4 is 0 Å². The van der Waals surface area contributed by atoms with Crippen molar-refractivity contribution in [2.24, 2.45) is 5.92 Å². The Bertz CT molecular complexity index is 225. The fourth-order valence-electron chi connectivity index (χ4n) is 1.48. The molecule has 0 rings (SSSR count). The molecule has 0 aromatic rings. The van der Waals surface area contributed by atoms with E-state index in [1.54, 1.807) is 6.92 Å². The third-order valence-corrected chi connectivity index (χ3v) is 2.26. The minimum atomic E-state index is -0.315. The zero-order valence-corrected chi connectivity index (χ0v) is 10.6. The second-order valence-electron chi connectivity index (χ2n) is 3.93. The van der Waals surface area contributed by atoms with E-state index in [9.17, 15) is 9.59 Å². The molecule has 0 spiro atoms. The van der Waals surface area contributed by atoms with Crippen molar-refractivity contribution in [3.63, 3.8) is 0 Å². The van der Waals surface area contributed by atoms with Gasteiger partial charge in [0, 0.05) is 6.92 Å². The highest BCUT2D eigenvalue weighted by Crippen LogP contribution is 2.15. The Morgan fingerprint density at radius 1 is 1.25 bits per heavy atom. The number of carbonyl (C=O) groups excluding carboxylic acids is 2. The van der Waals surface area contributed by atoms with Gasteiger partial charge in [-0.25, -0.2) is 0 Å². The summed E-state index contributed by atoms with van der Waals surface area (Å²) < 4.78 is 10.1. The topological polar surface area (TPSA) is 52.6 Å². The highest BCUT2D eigenvalue weighted by molar-refractivity contribution is 5.72. The van der Waals surface area contributed by atoms with Crippen molar-refractivity contribution in [3.05, 3.63) is 0 Å². The average Bonchev–Trinajstić information content (AvgIpc) is 2.21. The lowest BCUT2D eigenvalue weighted by atomic mass is 9.99. The van der Waals surface area contributed by atoms with Crippen molar-refractivity contribution in [1.29, 1.82) is 0 Å². The molecule has 2 atom stereocenters. The van der Waals surface area contributed by atoms with E-state index < -0.39 is 0 Å². The molecule has 0 aliphatic rings. The molecule has 4 nitrogen and oxygen atoms in total. The van der Waals surface area contributed by atoms with Crippen molar-refractivity contribution < 1.29 is 19.1 Å². The van der Waals surface area contributed by atoms with Crippen LogP contribution in [0.5, 0.6) is 0 Å². The molecule has 94 valence electrons. The van der Waals surface area contributed by atoms with Crippen LogP contribution in [0.4, 0.5) is 0 Å². The van der Waals surface area contributed by atoms with Crippen molar-refractivity contribution in [2.75, 3.05) is 6.61 Å². The second-order valence-corrected chi connectivity index (χ2v) is 3.93. The van der Waals surface area contributed by atoms with Gasteiger partial charge in [-0.1, -0.05) is 13.8 Å². The van der Waals surface area contributed by atoms with Crippen LogP contribution in [-0.4, -0.2) is 24.6 Å². The normalized spacial score (nSPS) is 14.0. The lowest BCUT2D eigenvalue weighted by Crippen LogP contribution is -2.24.